The first kappa shape index (κ1) is 14.3. The van der Waals surface area contributed by atoms with Gasteiger partial charge in [-0.05, 0) is 51.4 Å². The van der Waals surface area contributed by atoms with E-state index in [0.717, 1.165) is 25.2 Å². The summed E-state index contributed by atoms with van der Waals surface area (Å²) in [5, 5.41) is 4.60. The Labute approximate surface area is 126 Å². The molecule has 3 heterocycles. The quantitative estimate of drug-likeness (QED) is 0.846. The second-order valence-corrected chi connectivity index (χ2v) is 6.01. The molecule has 4 heteroatoms. The first-order valence-corrected chi connectivity index (χ1v) is 7.87. The van der Waals surface area contributed by atoms with E-state index in [1.165, 1.54) is 30.8 Å². The van der Waals surface area contributed by atoms with Crippen LogP contribution in [0.1, 0.15) is 29.9 Å². The number of hydrogen-bond acceptors (Lipinski definition) is 3. The van der Waals surface area contributed by atoms with Crippen LogP contribution >= 0.6 is 0 Å². The van der Waals surface area contributed by atoms with Crippen LogP contribution in [0.2, 0.25) is 0 Å². The van der Waals surface area contributed by atoms with Crippen LogP contribution in [0.4, 0.5) is 0 Å². The van der Waals surface area contributed by atoms with Gasteiger partial charge in [-0.2, -0.15) is 5.10 Å². The number of aryl methyl sites for hydroxylation is 2. The van der Waals surface area contributed by atoms with E-state index in [4.69, 9.17) is 0 Å². The zero-order chi connectivity index (χ0) is 14.7. The topological polar surface area (TPSA) is 34.0 Å². The first-order valence-electron chi connectivity index (χ1n) is 7.87. The van der Waals surface area contributed by atoms with Gasteiger partial charge < -0.3 is 0 Å². The van der Waals surface area contributed by atoms with Crippen LogP contribution in [0.25, 0.3) is 0 Å². The molecule has 0 aromatic carbocycles. The smallest absolute Gasteiger partial charge is 0.0596 e. The van der Waals surface area contributed by atoms with Crippen LogP contribution in [-0.2, 0) is 13.0 Å². The van der Waals surface area contributed by atoms with E-state index >= 15 is 0 Å². The average molecular weight is 284 g/mol. The molecule has 2 aromatic rings. The molecule has 0 amide bonds. The predicted molar refractivity (Wildman–Crippen MR) is 84.2 cm³/mol. The normalized spacial score (nSPS) is 19.2. The van der Waals surface area contributed by atoms with Crippen molar-refractivity contribution in [3.05, 3.63) is 47.5 Å². The van der Waals surface area contributed by atoms with Crippen molar-refractivity contribution in [2.24, 2.45) is 0 Å². The van der Waals surface area contributed by atoms with Crippen LogP contribution in [0.5, 0.6) is 0 Å². The molecule has 0 radical (unpaired) electrons. The number of rotatable bonds is 5. The Kier molecular flexibility index (Phi) is 4.34. The van der Waals surface area contributed by atoms with Crippen molar-refractivity contribution >= 4 is 0 Å². The summed E-state index contributed by atoms with van der Waals surface area (Å²) in [7, 11) is 0. The van der Waals surface area contributed by atoms with Gasteiger partial charge in [0.25, 0.3) is 0 Å². The van der Waals surface area contributed by atoms with Crippen molar-refractivity contribution in [1.82, 2.24) is 19.7 Å². The van der Waals surface area contributed by atoms with Crippen molar-refractivity contribution < 1.29 is 0 Å². The Morgan fingerprint density at radius 2 is 2.19 bits per heavy atom. The van der Waals surface area contributed by atoms with Crippen molar-refractivity contribution in [2.45, 2.75) is 45.7 Å². The van der Waals surface area contributed by atoms with E-state index < -0.39 is 0 Å². The SMILES string of the molecule is Cc1cc(C)n(C[C@H]2CCCN2CCc2ccccn2)n1. The maximum absolute atomic E-state index is 4.60. The fourth-order valence-electron chi connectivity index (χ4n) is 3.26. The summed E-state index contributed by atoms with van der Waals surface area (Å²) in [6, 6.07) is 8.94. The van der Waals surface area contributed by atoms with Crippen molar-refractivity contribution in [1.29, 1.82) is 0 Å². The molecule has 0 saturated carbocycles. The summed E-state index contributed by atoms with van der Waals surface area (Å²) < 4.78 is 2.17. The van der Waals surface area contributed by atoms with Crippen LogP contribution in [0.3, 0.4) is 0 Å². The highest BCUT2D eigenvalue weighted by Crippen LogP contribution is 2.20. The van der Waals surface area contributed by atoms with Gasteiger partial charge in [0.15, 0.2) is 0 Å². The molecule has 112 valence electrons. The standard InChI is InChI=1S/C17H24N4/c1-14-12-15(2)21(19-14)13-17-7-5-10-20(17)11-8-16-6-3-4-9-18-16/h3-4,6,9,12,17H,5,7-8,10-11,13H2,1-2H3/t17-/m1/s1. The molecule has 4 nitrogen and oxygen atoms in total. The van der Waals surface area contributed by atoms with Gasteiger partial charge in [-0.25, -0.2) is 0 Å². The highest BCUT2D eigenvalue weighted by atomic mass is 15.3. The molecule has 1 aliphatic rings. The molecule has 0 bridgehead atoms. The van der Waals surface area contributed by atoms with Gasteiger partial charge in [0, 0.05) is 36.6 Å². The summed E-state index contributed by atoms with van der Waals surface area (Å²) >= 11 is 0. The van der Waals surface area contributed by atoms with Crippen LogP contribution in [0.15, 0.2) is 30.5 Å². The number of hydrogen-bond donors (Lipinski definition) is 0. The lowest BCUT2D eigenvalue weighted by Gasteiger charge is -2.24. The molecule has 0 spiro atoms. The van der Waals surface area contributed by atoms with Gasteiger partial charge in [0.2, 0.25) is 0 Å². The molecule has 2 aromatic heterocycles. The number of aromatic nitrogens is 3. The third-order valence-electron chi connectivity index (χ3n) is 4.37. The lowest BCUT2D eigenvalue weighted by Crippen LogP contribution is -2.35. The highest BCUT2D eigenvalue weighted by molar-refractivity contribution is 5.07. The molecule has 0 unspecified atom stereocenters. The van der Waals surface area contributed by atoms with Crippen LogP contribution in [-0.4, -0.2) is 38.8 Å². The van der Waals surface area contributed by atoms with Gasteiger partial charge in [0.1, 0.15) is 0 Å². The number of likely N-dealkylation sites (tertiary alicyclic amines) is 1. The van der Waals surface area contributed by atoms with E-state index in [1.54, 1.807) is 0 Å². The van der Waals surface area contributed by atoms with E-state index in [9.17, 15) is 0 Å². The average Bonchev–Trinajstić information content (AvgIpc) is 3.05. The third-order valence-corrected chi connectivity index (χ3v) is 4.37. The predicted octanol–water partition coefficient (Wildman–Crippen LogP) is 2.60. The van der Waals surface area contributed by atoms with E-state index in [1.807, 2.05) is 12.3 Å². The minimum absolute atomic E-state index is 0.617. The summed E-state index contributed by atoms with van der Waals surface area (Å²) in [5.41, 5.74) is 3.57. The molecule has 1 aliphatic heterocycles. The van der Waals surface area contributed by atoms with Gasteiger partial charge in [0.05, 0.1) is 12.2 Å². The molecular weight excluding hydrogens is 260 g/mol. The highest BCUT2D eigenvalue weighted by Gasteiger charge is 2.25. The Bertz CT molecular complexity index is 576. The van der Waals surface area contributed by atoms with E-state index in [2.05, 4.69) is 51.7 Å². The fourth-order valence-corrected chi connectivity index (χ4v) is 3.26. The largest absolute Gasteiger partial charge is 0.298 e. The lowest BCUT2D eigenvalue weighted by molar-refractivity contribution is 0.228. The molecular formula is C17H24N4. The Balaban J connectivity index is 1.59. The van der Waals surface area contributed by atoms with Crippen molar-refractivity contribution in [3.8, 4) is 0 Å². The van der Waals surface area contributed by atoms with E-state index in [-0.39, 0.29) is 0 Å². The molecule has 0 N–H and O–H groups in total. The third kappa shape index (κ3) is 3.50. The summed E-state index contributed by atoms with van der Waals surface area (Å²) in [6.07, 6.45) is 5.49. The molecule has 1 fully saturated rings. The maximum atomic E-state index is 4.60. The van der Waals surface area contributed by atoms with Gasteiger partial charge >= 0.3 is 0 Å². The first-order chi connectivity index (χ1) is 10.2. The molecule has 3 rings (SSSR count). The van der Waals surface area contributed by atoms with Crippen molar-refractivity contribution in [2.75, 3.05) is 13.1 Å². The fraction of sp³-hybridized carbons (Fsp3) is 0.529. The minimum atomic E-state index is 0.617. The van der Waals surface area contributed by atoms with Gasteiger partial charge in [-0.15, -0.1) is 0 Å². The summed E-state index contributed by atoms with van der Waals surface area (Å²) in [6.45, 7) is 7.53. The zero-order valence-corrected chi connectivity index (χ0v) is 13.0. The second-order valence-electron chi connectivity index (χ2n) is 6.01. The van der Waals surface area contributed by atoms with Gasteiger partial charge in [-0.1, -0.05) is 6.07 Å². The number of pyridine rings is 1. The van der Waals surface area contributed by atoms with Gasteiger partial charge in [-0.3, -0.25) is 14.6 Å². The second kappa shape index (κ2) is 6.39. The maximum Gasteiger partial charge on any atom is 0.0596 e. The Morgan fingerprint density at radius 1 is 1.29 bits per heavy atom. The molecule has 0 aliphatic carbocycles. The monoisotopic (exact) mass is 284 g/mol. The lowest BCUT2D eigenvalue weighted by atomic mass is 10.2. The zero-order valence-electron chi connectivity index (χ0n) is 13.0. The van der Waals surface area contributed by atoms with E-state index in [0.29, 0.717) is 6.04 Å². The molecule has 21 heavy (non-hydrogen) atoms. The summed E-state index contributed by atoms with van der Waals surface area (Å²) in [4.78, 5) is 7.02. The minimum Gasteiger partial charge on any atom is -0.298 e. The molecule has 1 saturated heterocycles. The number of nitrogens with zero attached hydrogens (tertiary/aromatic N) is 4. The van der Waals surface area contributed by atoms with Crippen LogP contribution in [0, 0.1) is 13.8 Å². The van der Waals surface area contributed by atoms with Crippen LogP contribution < -0.4 is 0 Å². The Morgan fingerprint density at radius 3 is 2.90 bits per heavy atom. The molecule has 1 atom stereocenters. The Hall–Kier alpha value is -1.68. The summed E-state index contributed by atoms with van der Waals surface area (Å²) in [5.74, 6) is 0. The van der Waals surface area contributed by atoms with Crippen molar-refractivity contribution in [3.63, 3.8) is 0 Å².